The van der Waals surface area contributed by atoms with Crippen LogP contribution in [0.4, 0.5) is 0 Å². The summed E-state index contributed by atoms with van der Waals surface area (Å²) in [4.78, 5) is 29.2. The van der Waals surface area contributed by atoms with Gasteiger partial charge in [0.2, 0.25) is 0 Å². The summed E-state index contributed by atoms with van der Waals surface area (Å²) in [6.45, 7) is 2.43. The Balaban J connectivity index is 1.62. The number of hydrogen-bond acceptors (Lipinski definition) is 4. The maximum absolute atomic E-state index is 12.6. The Morgan fingerprint density at radius 3 is 2.10 bits per heavy atom. The molecule has 0 fully saturated rings. The summed E-state index contributed by atoms with van der Waals surface area (Å²) in [5, 5.41) is 8.85. The third-order valence-corrected chi connectivity index (χ3v) is 5.62. The third kappa shape index (κ3) is 6.34. The first kappa shape index (κ1) is 23.0. The van der Waals surface area contributed by atoms with Gasteiger partial charge in [-0.05, 0) is 31.8 Å². The third-order valence-electron chi connectivity index (χ3n) is 5.62. The number of fused-ring (bicyclic) bond motifs is 1. The lowest BCUT2D eigenvalue weighted by Gasteiger charge is -2.08. The first-order valence-corrected chi connectivity index (χ1v) is 10.9. The number of rotatable bonds is 13. The zero-order valence-corrected chi connectivity index (χ0v) is 18.2. The molecule has 0 aromatic carbocycles. The quantitative estimate of drug-likeness (QED) is 0.401. The predicted octanol–water partition coefficient (Wildman–Crippen LogP) is 4.19. The molecule has 29 heavy (non-hydrogen) atoms. The van der Waals surface area contributed by atoms with Crippen LogP contribution in [0.3, 0.4) is 0 Å². The van der Waals surface area contributed by atoms with Crippen LogP contribution < -0.4 is 11.2 Å². The highest BCUT2D eigenvalue weighted by Gasteiger charge is 2.14. The molecule has 2 heterocycles. The van der Waals surface area contributed by atoms with E-state index in [4.69, 9.17) is 5.11 Å². The van der Waals surface area contributed by atoms with Crippen LogP contribution in [-0.4, -0.2) is 23.8 Å². The highest BCUT2D eigenvalue weighted by Crippen LogP contribution is 2.13. The van der Waals surface area contributed by atoms with E-state index in [2.05, 4.69) is 4.98 Å². The minimum Gasteiger partial charge on any atom is -0.516 e. The van der Waals surface area contributed by atoms with Crippen molar-refractivity contribution in [3.63, 3.8) is 0 Å². The van der Waals surface area contributed by atoms with Crippen molar-refractivity contribution >= 4 is 11.2 Å². The molecular formula is C22H36N4O3. The first-order chi connectivity index (χ1) is 14.0. The van der Waals surface area contributed by atoms with Crippen molar-refractivity contribution in [2.45, 2.75) is 84.1 Å². The van der Waals surface area contributed by atoms with Gasteiger partial charge in [-0.3, -0.25) is 13.9 Å². The Kier molecular flexibility index (Phi) is 9.22. The van der Waals surface area contributed by atoms with Crippen molar-refractivity contribution in [1.82, 2.24) is 18.7 Å². The van der Waals surface area contributed by atoms with E-state index < -0.39 is 0 Å². The zero-order valence-electron chi connectivity index (χ0n) is 18.2. The van der Waals surface area contributed by atoms with Crippen LogP contribution in [0.2, 0.25) is 0 Å². The summed E-state index contributed by atoms with van der Waals surface area (Å²) in [5.74, 6) is 0. The number of aryl methyl sites for hydroxylation is 2. The molecule has 0 bridgehead atoms. The molecule has 0 amide bonds. The van der Waals surface area contributed by atoms with Crippen molar-refractivity contribution in [3.8, 4) is 0 Å². The van der Waals surface area contributed by atoms with E-state index >= 15 is 0 Å². The van der Waals surface area contributed by atoms with Crippen molar-refractivity contribution in [2.24, 2.45) is 14.1 Å². The van der Waals surface area contributed by atoms with Crippen molar-refractivity contribution in [3.05, 3.63) is 39.0 Å². The maximum Gasteiger partial charge on any atom is 0.332 e. The average Bonchev–Trinajstić information content (AvgIpc) is 3.10. The van der Waals surface area contributed by atoms with Crippen molar-refractivity contribution < 1.29 is 5.11 Å². The van der Waals surface area contributed by atoms with E-state index in [0.29, 0.717) is 17.7 Å². The fourth-order valence-corrected chi connectivity index (χ4v) is 3.75. The Morgan fingerprint density at radius 2 is 1.52 bits per heavy atom. The van der Waals surface area contributed by atoms with E-state index in [-0.39, 0.29) is 11.2 Å². The molecule has 0 aliphatic heterocycles. The molecule has 0 unspecified atom stereocenters. The Hall–Kier alpha value is -2.31. The van der Waals surface area contributed by atoms with Gasteiger partial charge in [-0.15, -0.1) is 0 Å². The van der Waals surface area contributed by atoms with Gasteiger partial charge in [0.25, 0.3) is 5.56 Å². The van der Waals surface area contributed by atoms with Crippen molar-refractivity contribution in [2.75, 3.05) is 0 Å². The van der Waals surface area contributed by atoms with E-state index in [1.54, 1.807) is 25.0 Å². The number of unbranched alkanes of at least 4 members (excludes halogenated alkanes) is 9. The highest BCUT2D eigenvalue weighted by atomic mass is 16.2. The van der Waals surface area contributed by atoms with Crippen molar-refractivity contribution in [1.29, 1.82) is 0 Å². The summed E-state index contributed by atoms with van der Waals surface area (Å²) >= 11 is 0. The van der Waals surface area contributed by atoms with Gasteiger partial charge >= 0.3 is 5.69 Å². The van der Waals surface area contributed by atoms with E-state index in [9.17, 15) is 9.59 Å². The molecule has 2 aromatic rings. The van der Waals surface area contributed by atoms with Crippen LogP contribution in [-0.2, 0) is 20.6 Å². The second kappa shape index (κ2) is 11.6. The van der Waals surface area contributed by atoms with Gasteiger partial charge in [0.05, 0.1) is 12.6 Å². The maximum atomic E-state index is 12.6. The highest BCUT2D eigenvalue weighted by molar-refractivity contribution is 5.69. The zero-order chi connectivity index (χ0) is 21.2. The fourth-order valence-electron chi connectivity index (χ4n) is 3.75. The minimum absolute atomic E-state index is 0.243. The monoisotopic (exact) mass is 404 g/mol. The summed E-state index contributed by atoms with van der Waals surface area (Å²) in [6.07, 6.45) is 15.5. The molecule has 7 nitrogen and oxygen atoms in total. The molecule has 0 atom stereocenters. The summed E-state index contributed by atoms with van der Waals surface area (Å²) in [6, 6.07) is 0. The number of allylic oxidation sites excluding steroid dienone is 1. The van der Waals surface area contributed by atoms with Gasteiger partial charge in [-0.25, -0.2) is 9.78 Å². The predicted molar refractivity (Wildman–Crippen MR) is 117 cm³/mol. The lowest BCUT2D eigenvalue weighted by atomic mass is 10.0. The molecule has 0 spiro atoms. The molecule has 2 rings (SSSR count). The van der Waals surface area contributed by atoms with Gasteiger partial charge in [-0.2, -0.15) is 0 Å². The van der Waals surface area contributed by atoms with Gasteiger partial charge < -0.3 is 9.67 Å². The van der Waals surface area contributed by atoms with E-state index in [1.807, 2.05) is 6.92 Å². The summed E-state index contributed by atoms with van der Waals surface area (Å²) in [5.41, 5.74) is 1.46. The smallest absolute Gasteiger partial charge is 0.332 e. The SMILES string of the molecule is C/C(=C\O)CCCCCCCCCCCCn1c(=O)c2c(ncn2C)n(C)c1=O. The Morgan fingerprint density at radius 1 is 0.966 bits per heavy atom. The number of imidazole rings is 1. The van der Waals surface area contributed by atoms with Crippen LogP contribution >= 0.6 is 0 Å². The molecule has 1 N–H and O–H groups in total. The molecule has 0 aliphatic carbocycles. The van der Waals surface area contributed by atoms with Gasteiger partial charge in [-0.1, -0.05) is 51.4 Å². The molecule has 2 aromatic heterocycles. The molecule has 0 saturated heterocycles. The summed E-state index contributed by atoms with van der Waals surface area (Å²) < 4.78 is 4.48. The second-order valence-corrected chi connectivity index (χ2v) is 8.09. The first-order valence-electron chi connectivity index (χ1n) is 10.9. The number of nitrogens with zero attached hydrogens (tertiary/aromatic N) is 4. The number of hydrogen-bond donors (Lipinski definition) is 1. The number of aromatic nitrogens is 4. The second-order valence-electron chi connectivity index (χ2n) is 8.09. The molecule has 7 heteroatoms. The van der Waals surface area contributed by atoms with E-state index in [0.717, 1.165) is 37.7 Å². The average molecular weight is 405 g/mol. The number of aliphatic hydroxyl groups excluding tert-OH is 1. The Labute approximate surface area is 172 Å². The molecule has 0 radical (unpaired) electrons. The molecule has 0 aliphatic rings. The lowest BCUT2D eigenvalue weighted by molar-refractivity contribution is 0.462. The van der Waals surface area contributed by atoms with Crippen LogP contribution in [0.15, 0.2) is 27.8 Å². The normalized spacial score (nSPS) is 12.2. The topological polar surface area (TPSA) is 82.1 Å². The standard InChI is InChI=1S/C22H36N4O3/c1-18(16-27)14-12-10-8-6-4-5-7-9-11-13-15-26-21(28)19-20(23-17-24(19)2)25(3)22(26)29/h16-17,27H,4-15H2,1-3H3/b18-16+. The summed E-state index contributed by atoms with van der Waals surface area (Å²) in [7, 11) is 3.44. The Bertz CT molecular complexity index is 921. The largest absolute Gasteiger partial charge is 0.516 e. The van der Waals surface area contributed by atoms with Crippen LogP contribution in [0.5, 0.6) is 0 Å². The van der Waals surface area contributed by atoms with Crippen LogP contribution in [0.25, 0.3) is 11.2 Å². The number of aliphatic hydroxyl groups is 1. The lowest BCUT2D eigenvalue weighted by Crippen LogP contribution is -2.39. The molecule has 0 saturated carbocycles. The van der Waals surface area contributed by atoms with Gasteiger partial charge in [0.15, 0.2) is 11.2 Å². The van der Waals surface area contributed by atoms with Gasteiger partial charge in [0, 0.05) is 20.6 Å². The fraction of sp³-hybridized carbons (Fsp3) is 0.682. The molecule has 162 valence electrons. The van der Waals surface area contributed by atoms with Crippen LogP contribution in [0.1, 0.15) is 77.6 Å². The van der Waals surface area contributed by atoms with E-state index in [1.165, 1.54) is 53.9 Å². The molecular weight excluding hydrogens is 368 g/mol. The minimum atomic E-state index is -0.286. The van der Waals surface area contributed by atoms with Gasteiger partial charge in [0.1, 0.15) is 0 Å². The van der Waals surface area contributed by atoms with Crippen LogP contribution in [0, 0.1) is 0 Å².